The molecule has 1 aromatic rings. The van der Waals surface area contributed by atoms with Crippen LogP contribution in [-0.2, 0) is 30.3 Å². The van der Waals surface area contributed by atoms with Crippen molar-refractivity contribution in [2.24, 2.45) is 22.7 Å². The van der Waals surface area contributed by atoms with Crippen molar-refractivity contribution in [1.29, 1.82) is 0 Å². The summed E-state index contributed by atoms with van der Waals surface area (Å²) in [7, 11) is 0. The van der Waals surface area contributed by atoms with E-state index in [-0.39, 0.29) is 6.61 Å². The van der Waals surface area contributed by atoms with Crippen LogP contribution in [0.1, 0.15) is 59.4 Å². The Hall–Kier alpha value is -2.19. The van der Waals surface area contributed by atoms with Crippen LogP contribution in [0.4, 0.5) is 0 Å². The van der Waals surface area contributed by atoms with Gasteiger partial charge in [-0.3, -0.25) is 14.4 Å². The number of rotatable bonds is 6. The molecule has 8 heteroatoms. The third-order valence-electron chi connectivity index (χ3n) is 8.02. The van der Waals surface area contributed by atoms with Gasteiger partial charge < -0.3 is 24.1 Å². The molecule has 7 atom stereocenters. The monoisotopic (exact) mass is 450 g/mol. The number of carbonyl (C=O) groups excluding carboxylic acids is 3. The number of furan rings is 1. The molecule has 0 aromatic carbocycles. The number of ether oxygens (including phenoxy) is 2. The topological polar surface area (TPSA) is 123 Å². The van der Waals surface area contributed by atoms with E-state index in [9.17, 15) is 24.6 Å². The van der Waals surface area contributed by atoms with E-state index in [1.807, 2.05) is 13.0 Å². The lowest BCUT2D eigenvalue weighted by molar-refractivity contribution is -0.253. The fraction of sp³-hybridized carbons (Fsp3) is 0.708. The lowest BCUT2D eigenvalue weighted by atomic mass is 9.42. The van der Waals surface area contributed by atoms with Crippen LogP contribution in [0.5, 0.6) is 0 Å². The van der Waals surface area contributed by atoms with Crippen LogP contribution < -0.4 is 0 Å². The van der Waals surface area contributed by atoms with Crippen molar-refractivity contribution in [3.8, 4) is 0 Å². The molecule has 0 bridgehead atoms. The lowest BCUT2D eigenvalue weighted by Crippen LogP contribution is -2.72. The van der Waals surface area contributed by atoms with E-state index in [1.54, 1.807) is 26.4 Å². The molecule has 0 aliphatic heterocycles. The smallest absolute Gasteiger partial charge is 0.302 e. The van der Waals surface area contributed by atoms with Gasteiger partial charge >= 0.3 is 11.9 Å². The molecule has 32 heavy (non-hydrogen) atoms. The zero-order valence-corrected chi connectivity index (χ0v) is 19.4. The van der Waals surface area contributed by atoms with Gasteiger partial charge in [-0.1, -0.05) is 20.8 Å². The molecule has 0 radical (unpaired) electrons. The number of hydrogen-bond donors (Lipinski definition) is 2. The van der Waals surface area contributed by atoms with Crippen LogP contribution >= 0.6 is 0 Å². The number of aliphatic hydroxyl groups is 2. The molecular formula is C24H34O8. The summed E-state index contributed by atoms with van der Waals surface area (Å²) in [5, 5.41) is 23.0. The molecule has 178 valence electrons. The van der Waals surface area contributed by atoms with E-state index in [0.717, 1.165) is 5.56 Å². The summed E-state index contributed by atoms with van der Waals surface area (Å²) in [5.74, 6) is -3.02. The summed E-state index contributed by atoms with van der Waals surface area (Å²) < 4.78 is 16.0. The highest BCUT2D eigenvalue weighted by Crippen LogP contribution is 2.63. The summed E-state index contributed by atoms with van der Waals surface area (Å²) in [6.45, 7) is 7.70. The summed E-state index contributed by atoms with van der Waals surface area (Å²) in [4.78, 5) is 37.0. The van der Waals surface area contributed by atoms with Gasteiger partial charge in [0.1, 0.15) is 18.8 Å². The predicted octanol–water partition coefficient (Wildman–Crippen LogP) is 2.44. The third-order valence-corrected chi connectivity index (χ3v) is 8.02. The highest BCUT2D eigenvalue weighted by atomic mass is 16.6. The van der Waals surface area contributed by atoms with Crippen LogP contribution in [0, 0.1) is 22.7 Å². The van der Waals surface area contributed by atoms with Gasteiger partial charge in [0.15, 0.2) is 5.78 Å². The minimum absolute atomic E-state index is 0.162. The largest absolute Gasteiger partial charge is 0.472 e. The minimum atomic E-state index is -1.39. The Labute approximate surface area is 188 Å². The highest BCUT2D eigenvalue weighted by Gasteiger charge is 2.70. The molecule has 0 amide bonds. The first-order chi connectivity index (χ1) is 14.9. The van der Waals surface area contributed by atoms with Gasteiger partial charge in [0.25, 0.3) is 0 Å². The number of aliphatic hydroxyl groups excluding tert-OH is 1. The molecular weight excluding hydrogens is 416 g/mol. The second-order valence-corrected chi connectivity index (χ2v) is 9.97. The Morgan fingerprint density at radius 3 is 2.50 bits per heavy atom. The van der Waals surface area contributed by atoms with E-state index in [2.05, 4.69) is 0 Å². The van der Waals surface area contributed by atoms with Gasteiger partial charge in [0, 0.05) is 36.5 Å². The van der Waals surface area contributed by atoms with Crippen molar-refractivity contribution in [3.63, 3.8) is 0 Å². The predicted molar refractivity (Wildman–Crippen MR) is 113 cm³/mol. The Bertz CT molecular complexity index is 863. The molecule has 0 spiro atoms. The zero-order chi connectivity index (χ0) is 23.9. The van der Waals surface area contributed by atoms with Crippen LogP contribution in [0.15, 0.2) is 23.0 Å². The van der Waals surface area contributed by atoms with Crippen LogP contribution in [0.3, 0.4) is 0 Å². The van der Waals surface area contributed by atoms with E-state index in [1.165, 1.54) is 13.8 Å². The number of fused-ring (bicyclic) bond motifs is 1. The summed E-state index contributed by atoms with van der Waals surface area (Å²) >= 11 is 0. The average molecular weight is 451 g/mol. The van der Waals surface area contributed by atoms with Crippen molar-refractivity contribution in [3.05, 3.63) is 24.2 Å². The van der Waals surface area contributed by atoms with Crippen molar-refractivity contribution >= 4 is 17.7 Å². The number of hydrogen-bond acceptors (Lipinski definition) is 8. The number of carbonyl (C=O) groups is 3. The Balaban J connectivity index is 2.07. The summed E-state index contributed by atoms with van der Waals surface area (Å²) in [6, 6.07) is 1.82. The van der Waals surface area contributed by atoms with Gasteiger partial charge in [0.05, 0.1) is 18.1 Å². The molecule has 2 saturated carbocycles. The minimum Gasteiger partial charge on any atom is -0.472 e. The number of aryl methyl sites for hydroxylation is 1. The van der Waals surface area contributed by atoms with Gasteiger partial charge in [-0.2, -0.15) is 0 Å². The zero-order valence-electron chi connectivity index (χ0n) is 19.4. The quantitative estimate of drug-likeness (QED) is 0.634. The van der Waals surface area contributed by atoms with Crippen molar-refractivity contribution in [1.82, 2.24) is 0 Å². The summed E-state index contributed by atoms with van der Waals surface area (Å²) in [6.07, 6.45) is 2.72. The van der Waals surface area contributed by atoms with Crippen LogP contribution in [-0.4, -0.2) is 52.4 Å². The summed E-state index contributed by atoms with van der Waals surface area (Å²) in [5.41, 5.74) is -2.51. The van der Waals surface area contributed by atoms with Crippen molar-refractivity contribution in [2.75, 3.05) is 6.61 Å². The second kappa shape index (κ2) is 8.63. The molecule has 2 aliphatic rings. The molecule has 8 nitrogen and oxygen atoms in total. The highest BCUT2D eigenvalue weighted by molar-refractivity contribution is 5.89. The first-order valence-electron chi connectivity index (χ1n) is 11.1. The van der Waals surface area contributed by atoms with Gasteiger partial charge in [0.2, 0.25) is 0 Å². The number of ketones is 1. The van der Waals surface area contributed by atoms with Crippen LogP contribution in [0.25, 0.3) is 0 Å². The standard InChI is InChI=1S/C24H34O8/c1-14-19(27)20(28)21-22(4,13-31-15(2)25)18(32-16(3)26)7-9-23(21,5)24(14,29)10-6-17-8-11-30-12-17/h8,11-12,14,18-19,21,27,29H,6-7,9-10,13H2,1-5H3/t14-,18+,19+,21+,22+,23+,24-/m1/s1. The van der Waals surface area contributed by atoms with Gasteiger partial charge in [-0.05, 0) is 37.3 Å². The van der Waals surface area contributed by atoms with Gasteiger partial charge in [-0.25, -0.2) is 0 Å². The molecule has 0 saturated heterocycles. The SMILES string of the molecule is CC(=O)OC[C@@]1(C)[C@@H](OC(C)=O)CC[C@@]2(C)[C@H]1C(=O)[C@@H](O)[C@@H](C)[C@]2(O)CCc1ccoc1. The van der Waals surface area contributed by atoms with E-state index < -0.39 is 58.2 Å². The van der Waals surface area contributed by atoms with Crippen molar-refractivity contribution < 1.29 is 38.5 Å². The Kier molecular flexibility index (Phi) is 6.60. The van der Waals surface area contributed by atoms with Crippen LogP contribution in [0.2, 0.25) is 0 Å². The van der Waals surface area contributed by atoms with Gasteiger partial charge in [-0.15, -0.1) is 0 Å². The maximum atomic E-state index is 13.5. The molecule has 1 aromatic heterocycles. The third kappa shape index (κ3) is 3.88. The Morgan fingerprint density at radius 2 is 1.94 bits per heavy atom. The molecule has 2 fully saturated rings. The normalized spacial score (nSPS) is 39.3. The maximum absolute atomic E-state index is 13.5. The Morgan fingerprint density at radius 1 is 1.25 bits per heavy atom. The van der Waals surface area contributed by atoms with Crippen molar-refractivity contribution in [2.45, 2.75) is 78.1 Å². The number of esters is 2. The molecule has 1 heterocycles. The molecule has 3 rings (SSSR count). The fourth-order valence-corrected chi connectivity index (χ4v) is 6.23. The first kappa shape index (κ1) is 24.5. The number of Topliss-reactive ketones (excluding diaryl/α,β-unsaturated/α-hetero) is 1. The average Bonchev–Trinajstić information content (AvgIpc) is 3.24. The fourth-order valence-electron chi connectivity index (χ4n) is 6.23. The molecule has 2 aliphatic carbocycles. The van der Waals surface area contributed by atoms with E-state index in [4.69, 9.17) is 13.9 Å². The first-order valence-corrected chi connectivity index (χ1v) is 11.1. The molecule has 0 unspecified atom stereocenters. The lowest BCUT2D eigenvalue weighted by Gasteiger charge is -2.64. The van der Waals surface area contributed by atoms with E-state index in [0.29, 0.717) is 25.7 Å². The second-order valence-electron chi connectivity index (χ2n) is 9.97. The van der Waals surface area contributed by atoms with E-state index >= 15 is 0 Å². The maximum Gasteiger partial charge on any atom is 0.302 e. The molecule has 2 N–H and O–H groups in total.